The highest BCUT2D eigenvalue weighted by Crippen LogP contribution is 2.03. The zero-order chi connectivity index (χ0) is 11.7. The average Bonchev–Trinajstić information content (AvgIpc) is 2.22. The molecule has 0 aliphatic heterocycles. The molecule has 0 heterocycles. The average molecular weight is 250 g/mol. The summed E-state index contributed by atoms with van der Waals surface area (Å²) < 4.78 is 9.44. The Morgan fingerprint density at radius 2 is 1.60 bits per heavy atom. The van der Waals surface area contributed by atoms with Crippen LogP contribution in [0.25, 0.3) is 0 Å². The summed E-state index contributed by atoms with van der Waals surface area (Å²) in [6.07, 6.45) is -0.154. The first kappa shape index (κ1) is 14.4. The zero-order valence-electron chi connectivity index (χ0n) is 8.27. The summed E-state index contributed by atoms with van der Waals surface area (Å²) in [5, 5.41) is 0. The first-order valence-electron chi connectivity index (χ1n) is 4.34. The molecule has 0 aromatic carbocycles. The van der Waals surface area contributed by atoms with E-state index in [-0.39, 0.29) is 25.2 Å². The predicted molar refractivity (Wildman–Crippen MR) is 63.4 cm³/mol. The van der Waals surface area contributed by atoms with Crippen molar-refractivity contribution >= 4 is 37.2 Å². The molecule has 0 aliphatic carbocycles. The number of carbonyl (C=O) groups is 2. The lowest BCUT2D eigenvalue weighted by molar-refractivity contribution is -0.145. The Labute approximate surface area is 99.8 Å². The molecule has 4 nitrogen and oxygen atoms in total. The number of hydrogen-bond donors (Lipinski definition) is 2. The molecule has 0 spiro atoms. The Hall–Kier alpha value is -0.620. The maximum Gasteiger partial charge on any atom is 0.334 e. The Balaban J connectivity index is 3.80. The van der Waals surface area contributed by atoms with Gasteiger partial charge in [0.1, 0.15) is 13.2 Å². The molecule has 0 N–H and O–H groups in total. The second-order valence-electron chi connectivity index (χ2n) is 2.58. The van der Waals surface area contributed by atoms with Crippen LogP contribution >= 0.6 is 25.3 Å². The van der Waals surface area contributed by atoms with E-state index in [9.17, 15) is 9.59 Å². The molecule has 0 aliphatic rings. The quantitative estimate of drug-likeness (QED) is 0.400. The molecule has 0 unspecified atom stereocenters. The highest BCUT2D eigenvalue weighted by atomic mass is 32.1. The van der Waals surface area contributed by atoms with Gasteiger partial charge in [-0.1, -0.05) is 6.58 Å². The molecule has 15 heavy (non-hydrogen) atoms. The molecule has 0 rings (SSSR count). The van der Waals surface area contributed by atoms with Crippen LogP contribution < -0.4 is 0 Å². The molecule has 0 aromatic heterocycles. The molecule has 86 valence electrons. The monoisotopic (exact) mass is 250 g/mol. The number of hydrogen-bond acceptors (Lipinski definition) is 6. The Kier molecular flexibility index (Phi) is 8.31. The third-order valence-corrected chi connectivity index (χ3v) is 1.69. The molecule has 0 radical (unpaired) electrons. The fraction of sp³-hybridized carbons (Fsp3) is 0.556. The summed E-state index contributed by atoms with van der Waals surface area (Å²) in [6, 6.07) is 0. The van der Waals surface area contributed by atoms with Gasteiger partial charge in [0.15, 0.2) is 0 Å². The fourth-order valence-electron chi connectivity index (χ4n) is 0.697. The molecule has 0 amide bonds. The molecular weight excluding hydrogens is 236 g/mol. The van der Waals surface area contributed by atoms with E-state index >= 15 is 0 Å². The van der Waals surface area contributed by atoms with Gasteiger partial charge in [0.05, 0.1) is 6.42 Å². The van der Waals surface area contributed by atoms with Crippen molar-refractivity contribution in [3.63, 3.8) is 0 Å². The van der Waals surface area contributed by atoms with Crippen LogP contribution in [0, 0.1) is 0 Å². The maximum absolute atomic E-state index is 11.1. The minimum absolute atomic E-state index is 0.0842. The molecule has 0 saturated carbocycles. The molecule has 0 saturated heterocycles. The normalized spacial score (nSPS) is 9.47. The van der Waals surface area contributed by atoms with Crippen LogP contribution in [0.3, 0.4) is 0 Å². The summed E-state index contributed by atoms with van der Waals surface area (Å²) in [4.78, 5) is 22.2. The minimum atomic E-state index is -0.591. The van der Waals surface area contributed by atoms with Crippen molar-refractivity contribution in [2.24, 2.45) is 0 Å². The van der Waals surface area contributed by atoms with E-state index in [1.54, 1.807) is 0 Å². The van der Waals surface area contributed by atoms with E-state index in [4.69, 9.17) is 9.47 Å². The second kappa shape index (κ2) is 8.67. The van der Waals surface area contributed by atoms with Crippen LogP contribution in [-0.4, -0.2) is 36.7 Å². The lowest BCUT2D eigenvalue weighted by atomic mass is 10.2. The van der Waals surface area contributed by atoms with Crippen molar-refractivity contribution in [2.45, 2.75) is 6.42 Å². The van der Waals surface area contributed by atoms with E-state index < -0.39 is 11.9 Å². The van der Waals surface area contributed by atoms with Crippen molar-refractivity contribution in [3.8, 4) is 0 Å². The summed E-state index contributed by atoms with van der Waals surface area (Å²) in [5.41, 5.74) is 0.0842. The summed E-state index contributed by atoms with van der Waals surface area (Å²) in [6.45, 7) is 3.86. The van der Waals surface area contributed by atoms with E-state index in [2.05, 4.69) is 31.8 Å². The van der Waals surface area contributed by atoms with Gasteiger partial charge in [0.2, 0.25) is 0 Å². The molecule has 0 aromatic rings. The van der Waals surface area contributed by atoms with Gasteiger partial charge in [-0.3, -0.25) is 4.79 Å². The maximum atomic E-state index is 11.1. The topological polar surface area (TPSA) is 52.6 Å². The molecule has 0 atom stereocenters. The van der Waals surface area contributed by atoms with Crippen LogP contribution in [0.5, 0.6) is 0 Å². The van der Waals surface area contributed by atoms with Gasteiger partial charge in [-0.25, -0.2) is 4.79 Å². The van der Waals surface area contributed by atoms with Gasteiger partial charge in [-0.2, -0.15) is 25.3 Å². The van der Waals surface area contributed by atoms with Gasteiger partial charge >= 0.3 is 11.9 Å². The number of ether oxygens (including phenoxy) is 2. The first-order valence-corrected chi connectivity index (χ1v) is 5.60. The van der Waals surface area contributed by atoms with E-state index in [0.717, 1.165) is 0 Å². The van der Waals surface area contributed by atoms with Crippen molar-refractivity contribution in [2.75, 3.05) is 24.7 Å². The van der Waals surface area contributed by atoms with Crippen LogP contribution in [0.15, 0.2) is 12.2 Å². The Morgan fingerprint density at radius 1 is 1.07 bits per heavy atom. The van der Waals surface area contributed by atoms with Crippen molar-refractivity contribution in [1.82, 2.24) is 0 Å². The second-order valence-corrected chi connectivity index (χ2v) is 3.48. The predicted octanol–water partition coefficient (Wildman–Crippen LogP) is 0.879. The minimum Gasteiger partial charge on any atom is -0.465 e. The first-order chi connectivity index (χ1) is 7.11. The summed E-state index contributed by atoms with van der Waals surface area (Å²) in [5.74, 6) is -0.213. The molecular formula is C9H14O4S2. The SMILES string of the molecule is C=C(CC(=O)OCCS)C(=O)OCCS. The van der Waals surface area contributed by atoms with Crippen LogP contribution in [0.1, 0.15) is 6.42 Å². The number of esters is 2. The largest absolute Gasteiger partial charge is 0.465 e. The van der Waals surface area contributed by atoms with E-state index in [1.165, 1.54) is 0 Å². The van der Waals surface area contributed by atoms with Crippen LogP contribution in [0.2, 0.25) is 0 Å². The molecule has 0 fully saturated rings. The number of rotatable bonds is 7. The smallest absolute Gasteiger partial charge is 0.334 e. The molecule has 0 bridgehead atoms. The third-order valence-electron chi connectivity index (χ3n) is 1.33. The summed E-state index contributed by atoms with van der Waals surface area (Å²) in [7, 11) is 0. The lowest BCUT2D eigenvalue weighted by Crippen LogP contribution is -2.14. The van der Waals surface area contributed by atoms with Crippen LogP contribution in [-0.2, 0) is 19.1 Å². The third kappa shape index (κ3) is 7.33. The fourth-order valence-corrected chi connectivity index (χ4v) is 0.880. The highest BCUT2D eigenvalue weighted by Gasteiger charge is 2.13. The number of carbonyl (C=O) groups excluding carboxylic acids is 2. The van der Waals surface area contributed by atoms with Gasteiger partial charge in [-0.05, 0) is 0 Å². The van der Waals surface area contributed by atoms with E-state index in [0.29, 0.717) is 11.5 Å². The van der Waals surface area contributed by atoms with E-state index in [1.807, 2.05) is 0 Å². The van der Waals surface area contributed by atoms with Crippen molar-refractivity contribution < 1.29 is 19.1 Å². The zero-order valence-corrected chi connectivity index (χ0v) is 10.1. The van der Waals surface area contributed by atoms with Crippen molar-refractivity contribution in [3.05, 3.63) is 12.2 Å². The van der Waals surface area contributed by atoms with Crippen molar-refractivity contribution in [1.29, 1.82) is 0 Å². The highest BCUT2D eigenvalue weighted by molar-refractivity contribution is 7.80. The molecule has 6 heteroatoms. The summed E-state index contributed by atoms with van der Waals surface area (Å²) >= 11 is 7.75. The number of thiol groups is 2. The van der Waals surface area contributed by atoms with Crippen LogP contribution in [0.4, 0.5) is 0 Å². The Morgan fingerprint density at radius 3 is 2.13 bits per heavy atom. The standard InChI is InChI=1S/C9H14O4S2/c1-7(9(11)13-3-5-15)6-8(10)12-2-4-14/h14-15H,1-6H2. The van der Waals surface area contributed by atoms with Gasteiger partial charge in [-0.15, -0.1) is 0 Å². The van der Waals surface area contributed by atoms with Gasteiger partial charge < -0.3 is 9.47 Å². The lowest BCUT2D eigenvalue weighted by Gasteiger charge is -2.05. The Bertz CT molecular complexity index is 240. The van der Waals surface area contributed by atoms with Gasteiger partial charge in [0, 0.05) is 17.1 Å². The van der Waals surface area contributed by atoms with Gasteiger partial charge in [0.25, 0.3) is 0 Å².